The quantitative estimate of drug-likeness (QED) is 0.773. The Morgan fingerprint density at radius 2 is 1.85 bits per heavy atom. The van der Waals surface area contributed by atoms with E-state index in [0.29, 0.717) is 11.3 Å². The van der Waals surface area contributed by atoms with Crippen molar-refractivity contribution in [2.45, 2.75) is 0 Å². The molecule has 3 aromatic rings. The average molecular weight is 264 g/mol. The van der Waals surface area contributed by atoms with Crippen molar-refractivity contribution < 1.29 is 4.39 Å². The first-order chi connectivity index (χ1) is 9.78. The minimum atomic E-state index is -0.287. The van der Waals surface area contributed by atoms with Crippen LogP contribution in [0.25, 0.3) is 22.4 Å². The van der Waals surface area contributed by atoms with Gasteiger partial charge in [-0.15, -0.1) is 5.10 Å². The van der Waals surface area contributed by atoms with Gasteiger partial charge in [0.2, 0.25) is 0 Å². The zero-order valence-electron chi connectivity index (χ0n) is 10.3. The molecule has 0 bridgehead atoms. The van der Waals surface area contributed by atoms with E-state index in [4.69, 9.17) is 5.26 Å². The maximum absolute atomic E-state index is 13.0. The molecule has 0 radical (unpaired) electrons. The summed E-state index contributed by atoms with van der Waals surface area (Å²) in [5, 5.41) is 19.3. The molecule has 4 nitrogen and oxygen atoms in total. The van der Waals surface area contributed by atoms with Crippen LogP contribution in [-0.2, 0) is 0 Å². The number of hydrogen-bond donors (Lipinski definition) is 1. The van der Waals surface area contributed by atoms with Gasteiger partial charge in [-0.05, 0) is 35.4 Å². The second-order valence-electron chi connectivity index (χ2n) is 4.24. The van der Waals surface area contributed by atoms with Gasteiger partial charge in [0.05, 0.1) is 17.8 Å². The summed E-state index contributed by atoms with van der Waals surface area (Å²) in [4.78, 5) is 0. The number of rotatable bonds is 2. The van der Waals surface area contributed by atoms with Crippen LogP contribution in [0.2, 0.25) is 0 Å². The number of nitrogens with zero attached hydrogens (tertiary/aromatic N) is 3. The Morgan fingerprint density at radius 1 is 1.05 bits per heavy atom. The van der Waals surface area contributed by atoms with E-state index in [-0.39, 0.29) is 5.82 Å². The molecule has 0 amide bonds. The summed E-state index contributed by atoms with van der Waals surface area (Å²) in [6.07, 6.45) is 1.66. The molecule has 2 aromatic carbocycles. The molecule has 0 unspecified atom stereocenters. The Balaban J connectivity index is 2.20. The highest BCUT2D eigenvalue weighted by molar-refractivity contribution is 5.82. The molecule has 0 saturated carbocycles. The third-order valence-electron chi connectivity index (χ3n) is 3.00. The predicted molar refractivity (Wildman–Crippen MR) is 71.9 cm³/mol. The molecule has 5 heteroatoms. The van der Waals surface area contributed by atoms with E-state index >= 15 is 0 Å². The lowest BCUT2D eigenvalue weighted by Gasteiger charge is -2.08. The number of nitrogens with one attached hydrogen (secondary N) is 1. The second-order valence-corrected chi connectivity index (χ2v) is 4.24. The Labute approximate surface area is 114 Å². The van der Waals surface area contributed by atoms with Gasteiger partial charge in [0.15, 0.2) is 0 Å². The van der Waals surface area contributed by atoms with Crippen molar-refractivity contribution in [2.75, 3.05) is 0 Å². The van der Waals surface area contributed by atoms with E-state index in [9.17, 15) is 4.39 Å². The highest BCUT2D eigenvalue weighted by atomic mass is 19.1. The molecule has 0 fully saturated rings. The molecule has 96 valence electrons. The number of H-pyrrole nitrogens is 1. The molecule has 1 heterocycles. The van der Waals surface area contributed by atoms with Gasteiger partial charge in [0, 0.05) is 5.56 Å². The van der Waals surface area contributed by atoms with Crippen LogP contribution < -0.4 is 0 Å². The molecule has 0 aliphatic carbocycles. The molecular formula is C15H9FN4. The van der Waals surface area contributed by atoms with Crippen LogP contribution in [0.15, 0.2) is 48.7 Å². The van der Waals surface area contributed by atoms with Gasteiger partial charge >= 0.3 is 0 Å². The first-order valence-electron chi connectivity index (χ1n) is 5.95. The fraction of sp³-hybridized carbons (Fsp3) is 0. The first kappa shape index (κ1) is 12.1. The zero-order valence-corrected chi connectivity index (χ0v) is 10.3. The lowest BCUT2D eigenvalue weighted by molar-refractivity contribution is 0.628. The van der Waals surface area contributed by atoms with Crippen molar-refractivity contribution in [2.24, 2.45) is 0 Å². The molecule has 0 saturated heterocycles. The van der Waals surface area contributed by atoms with E-state index in [0.717, 1.165) is 16.7 Å². The molecule has 0 aliphatic heterocycles. The van der Waals surface area contributed by atoms with Crippen LogP contribution in [0.5, 0.6) is 0 Å². The average Bonchev–Trinajstić information content (AvgIpc) is 3.02. The Morgan fingerprint density at radius 3 is 2.50 bits per heavy atom. The Kier molecular flexibility index (Phi) is 2.98. The Bertz CT molecular complexity index is 771. The summed E-state index contributed by atoms with van der Waals surface area (Å²) in [7, 11) is 0. The van der Waals surface area contributed by atoms with E-state index in [2.05, 4.69) is 21.5 Å². The van der Waals surface area contributed by atoms with E-state index in [1.54, 1.807) is 30.5 Å². The van der Waals surface area contributed by atoms with Gasteiger partial charge in [0.1, 0.15) is 11.5 Å². The van der Waals surface area contributed by atoms with Crippen LogP contribution >= 0.6 is 0 Å². The number of halogens is 1. The number of nitriles is 1. The third kappa shape index (κ3) is 2.15. The Hall–Kier alpha value is -3.00. The molecule has 3 rings (SSSR count). The maximum Gasteiger partial charge on any atom is 0.123 e. The lowest BCUT2D eigenvalue weighted by atomic mass is 9.96. The van der Waals surface area contributed by atoms with Crippen molar-refractivity contribution in [3.05, 3.63) is 60.0 Å². The van der Waals surface area contributed by atoms with Crippen molar-refractivity contribution >= 4 is 0 Å². The van der Waals surface area contributed by atoms with Gasteiger partial charge < -0.3 is 0 Å². The zero-order chi connectivity index (χ0) is 13.9. The topological polar surface area (TPSA) is 65.4 Å². The summed E-state index contributed by atoms with van der Waals surface area (Å²) in [6, 6.07) is 13.6. The van der Waals surface area contributed by atoms with E-state index in [1.165, 1.54) is 12.1 Å². The largest absolute Gasteiger partial charge is 0.265 e. The summed E-state index contributed by atoms with van der Waals surface area (Å²) in [5.74, 6) is -0.287. The van der Waals surface area contributed by atoms with Crippen molar-refractivity contribution in [3.8, 4) is 28.5 Å². The summed E-state index contributed by atoms with van der Waals surface area (Å²) in [5.41, 5.74) is 3.69. The van der Waals surface area contributed by atoms with Crippen molar-refractivity contribution in [3.63, 3.8) is 0 Å². The monoisotopic (exact) mass is 264 g/mol. The van der Waals surface area contributed by atoms with Crippen LogP contribution in [0.3, 0.4) is 0 Å². The highest BCUT2D eigenvalue weighted by Crippen LogP contribution is 2.31. The third-order valence-corrected chi connectivity index (χ3v) is 3.00. The van der Waals surface area contributed by atoms with Gasteiger partial charge in [-0.25, -0.2) is 4.39 Å². The molecule has 0 atom stereocenters. The molecular weight excluding hydrogens is 255 g/mol. The van der Waals surface area contributed by atoms with E-state index in [1.807, 2.05) is 6.07 Å². The molecule has 1 aromatic heterocycles. The summed E-state index contributed by atoms with van der Waals surface area (Å²) >= 11 is 0. The maximum atomic E-state index is 13.0. The number of benzene rings is 2. The summed E-state index contributed by atoms with van der Waals surface area (Å²) in [6.45, 7) is 0. The summed E-state index contributed by atoms with van der Waals surface area (Å²) < 4.78 is 13.0. The van der Waals surface area contributed by atoms with Crippen LogP contribution in [0.1, 0.15) is 5.56 Å². The number of aromatic nitrogens is 3. The fourth-order valence-corrected chi connectivity index (χ4v) is 2.04. The smallest absolute Gasteiger partial charge is 0.123 e. The molecule has 1 N–H and O–H groups in total. The molecule has 0 aliphatic rings. The normalized spacial score (nSPS) is 10.2. The van der Waals surface area contributed by atoms with Crippen LogP contribution in [0, 0.1) is 17.1 Å². The standard InChI is InChI=1S/C15H9FN4/c16-12-4-2-11(3-5-12)13-6-1-10(8-17)7-14(13)15-9-18-20-19-15/h1-7,9H,(H,18,19,20). The van der Waals surface area contributed by atoms with Gasteiger partial charge in [-0.1, -0.05) is 23.4 Å². The van der Waals surface area contributed by atoms with Crippen LogP contribution in [-0.4, -0.2) is 15.4 Å². The number of hydrogen-bond acceptors (Lipinski definition) is 3. The lowest BCUT2D eigenvalue weighted by Crippen LogP contribution is -1.88. The van der Waals surface area contributed by atoms with Gasteiger partial charge in [-0.3, -0.25) is 5.10 Å². The predicted octanol–water partition coefficient (Wildman–Crippen LogP) is 3.15. The SMILES string of the molecule is N#Cc1ccc(-c2ccc(F)cc2)c(-c2c[nH]nn2)c1. The van der Waals surface area contributed by atoms with Crippen LogP contribution in [0.4, 0.5) is 4.39 Å². The first-order valence-corrected chi connectivity index (χ1v) is 5.95. The molecule has 0 spiro atoms. The van der Waals surface area contributed by atoms with Gasteiger partial charge in [-0.2, -0.15) is 5.26 Å². The van der Waals surface area contributed by atoms with Crippen molar-refractivity contribution in [1.29, 1.82) is 5.26 Å². The minimum absolute atomic E-state index is 0.287. The van der Waals surface area contributed by atoms with E-state index < -0.39 is 0 Å². The highest BCUT2D eigenvalue weighted by Gasteiger charge is 2.11. The van der Waals surface area contributed by atoms with Gasteiger partial charge in [0.25, 0.3) is 0 Å². The minimum Gasteiger partial charge on any atom is -0.265 e. The fourth-order valence-electron chi connectivity index (χ4n) is 2.04. The molecule has 20 heavy (non-hydrogen) atoms. The number of aromatic amines is 1. The van der Waals surface area contributed by atoms with Crippen molar-refractivity contribution in [1.82, 2.24) is 15.4 Å². The second kappa shape index (κ2) is 4.94.